The van der Waals surface area contributed by atoms with Crippen LogP contribution >= 0.6 is 0 Å². The quantitative estimate of drug-likeness (QED) is 0.527. The minimum atomic E-state index is -0.441. The summed E-state index contributed by atoms with van der Waals surface area (Å²) >= 11 is 0. The largest absolute Gasteiger partial charge is 0.369 e. The van der Waals surface area contributed by atoms with Crippen LogP contribution in [0.1, 0.15) is 32.4 Å². The van der Waals surface area contributed by atoms with E-state index in [-0.39, 0.29) is 11.6 Å². The Morgan fingerprint density at radius 3 is 2.50 bits per heavy atom. The average Bonchev–Trinajstić information content (AvgIpc) is 2.66. The fourth-order valence-electron chi connectivity index (χ4n) is 2.29. The molecule has 26 heavy (non-hydrogen) atoms. The minimum absolute atomic E-state index is 0.000265. The van der Waals surface area contributed by atoms with Gasteiger partial charge in [-0.2, -0.15) is 0 Å². The van der Waals surface area contributed by atoms with Gasteiger partial charge in [-0.05, 0) is 25.0 Å². The summed E-state index contributed by atoms with van der Waals surface area (Å²) in [5, 5.41) is 16.7. The van der Waals surface area contributed by atoms with Crippen LogP contribution in [-0.4, -0.2) is 33.9 Å². The van der Waals surface area contributed by atoms with Gasteiger partial charge in [0.05, 0.1) is 4.92 Å². The van der Waals surface area contributed by atoms with Crippen molar-refractivity contribution in [2.24, 2.45) is 0 Å². The molecule has 2 N–H and O–H groups in total. The van der Waals surface area contributed by atoms with Crippen molar-refractivity contribution < 1.29 is 9.72 Å². The van der Waals surface area contributed by atoms with Crippen LogP contribution in [0.5, 0.6) is 0 Å². The molecular formula is C18H23N5O3. The van der Waals surface area contributed by atoms with Gasteiger partial charge in [-0.15, -0.1) is 0 Å². The van der Waals surface area contributed by atoms with E-state index in [1.54, 1.807) is 12.1 Å². The molecule has 1 amide bonds. The van der Waals surface area contributed by atoms with Gasteiger partial charge in [-0.1, -0.05) is 13.8 Å². The molecule has 0 aliphatic heterocycles. The lowest BCUT2D eigenvalue weighted by molar-refractivity contribution is -0.384. The van der Waals surface area contributed by atoms with E-state index in [1.807, 2.05) is 19.9 Å². The summed E-state index contributed by atoms with van der Waals surface area (Å²) in [6.45, 7) is 5.14. The third-order valence-corrected chi connectivity index (χ3v) is 3.71. The molecule has 138 valence electrons. The van der Waals surface area contributed by atoms with Gasteiger partial charge in [0, 0.05) is 49.0 Å². The summed E-state index contributed by atoms with van der Waals surface area (Å²) in [5.41, 5.74) is 1.58. The first-order chi connectivity index (χ1) is 12.5. The molecule has 8 nitrogen and oxygen atoms in total. The lowest BCUT2D eigenvalue weighted by atomic mass is 10.2. The highest BCUT2D eigenvalue weighted by Gasteiger charge is 2.10. The van der Waals surface area contributed by atoms with Crippen molar-refractivity contribution in [3.8, 4) is 11.4 Å². The second-order valence-corrected chi connectivity index (χ2v) is 5.75. The number of hydrogen-bond acceptors (Lipinski definition) is 6. The van der Waals surface area contributed by atoms with Crippen molar-refractivity contribution in [2.45, 2.75) is 33.1 Å². The first-order valence-electron chi connectivity index (χ1n) is 8.66. The number of carbonyl (C=O) groups is 1. The summed E-state index contributed by atoms with van der Waals surface area (Å²) in [4.78, 5) is 30.9. The molecule has 0 atom stereocenters. The molecule has 1 heterocycles. The number of nitrogens with one attached hydrogen (secondary N) is 2. The molecule has 0 unspecified atom stereocenters. The third kappa shape index (κ3) is 5.51. The van der Waals surface area contributed by atoms with Crippen molar-refractivity contribution in [1.29, 1.82) is 0 Å². The highest BCUT2D eigenvalue weighted by Crippen LogP contribution is 2.21. The van der Waals surface area contributed by atoms with Crippen LogP contribution in [0.15, 0.2) is 30.3 Å². The molecule has 0 aliphatic carbocycles. The molecule has 0 aliphatic rings. The highest BCUT2D eigenvalue weighted by atomic mass is 16.6. The highest BCUT2D eigenvalue weighted by molar-refractivity contribution is 5.76. The predicted octanol–water partition coefficient (Wildman–Crippen LogP) is 2.94. The summed E-state index contributed by atoms with van der Waals surface area (Å²) in [7, 11) is 0. The fourth-order valence-corrected chi connectivity index (χ4v) is 2.29. The number of nitro groups is 1. The molecular weight excluding hydrogens is 334 g/mol. The van der Waals surface area contributed by atoms with E-state index in [0.717, 1.165) is 18.5 Å². The Morgan fingerprint density at radius 2 is 1.88 bits per heavy atom. The number of rotatable bonds is 9. The van der Waals surface area contributed by atoms with Crippen molar-refractivity contribution in [2.75, 3.05) is 18.4 Å². The maximum Gasteiger partial charge on any atom is 0.269 e. The van der Waals surface area contributed by atoms with Crippen LogP contribution in [-0.2, 0) is 11.2 Å². The Kier molecular flexibility index (Phi) is 7.02. The summed E-state index contributed by atoms with van der Waals surface area (Å²) < 4.78 is 0. The van der Waals surface area contributed by atoms with Crippen molar-refractivity contribution >= 4 is 17.4 Å². The van der Waals surface area contributed by atoms with E-state index in [0.29, 0.717) is 36.7 Å². The first kappa shape index (κ1) is 19.3. The second-order valence-electron chi connectivity index (χ2n) is 5.75. The van der Waals surface area contributed by atoms with Gasteiger partial charge in [0.25, 0.3) is 5.69 Å². The fraction of sp³-hybridized carbons (Fsp3) is 0.389. The number of anilines is 1. The molecule has 0 spiro atoms. The molecule has 1 aromatic heterocycles. The Hall–Kier alpha value is -3.03. The van der Waals surface area contributed by atoms with Gasteiger partial charge < -0.3 is 10.6 Å². The normalized spacial score (nSPS) is 10.4. The molecule has 0 radical (unpaired) electrons. The van der Waals surface area contributed by atoms with Crippen LogP contribution in [0, 0.1) is 10.1 Å². The van der Waals surface area contributed by atoms with Gasteiger partial charge in [0.2, 0.25) is 5.91 Å². The van der Waals surface area contributed by atoms with E-state index in [2.05, 4.69) is 20.6 Å². The molecule has 0 bridgehead atoms. The number of non-ortho nitro benzene ring substituents is 1. The van der Waals surface area contributed by atoms with Crippen LogP contribution in [0.25, 0.3) is 11.4 Å². The van der Waals surface area contributed by atoms with Crippen LogP contribution < -0.4 is 10.6 Å². The Morgan fingerprint density at radius 1 is 1.15 bits per heavy atom. The predicted molar refractivity (Wildman–Crippen MR) is 99.9 cm³/mol. The van der Waals surface area contributed by atoms with Gasteiger partial charge in [-0.25, -0.2) is 9.97 Å². The van der Waals surface area contributed by atoms with Gasteiger partial charge in [0.15, 0.2) is 5.82 Å². The molecule has 2 aromatic rings. The molecule has 0 fully saturated rings. The van der Waals surface area contributed by atoms with Crippen LogP contribution in [0.4, 0.5) is 11.5 Å². The number of carbonyl (C=O) groups excluding carboxylic acids is 1. The van der Waals surface area contributed by atoms with E-state index in [9.17, 15) is 14.9 Å². The molecule has 0 saturated heterocycles. The molecule has 0 saturated carbocycles. The zero-order valence-corrected chi connectivity index (χ0v) is 15.0. The number of nitrogens with zero attached hydrogens (tertiary/aromatic N) is 3. The molecule has 1 aromatic carbocycles. The number of hydrogen-bond donors (Lipinski definition) is 2. The lowest BCUT2D eigenvalue weighted by Crippen LogP contribution is -2.26. The number of aryl methyl sites for hydroxylation is 1. The van der Waals surface area contributed by atoms with E-state index in [4.69, 9.17) is 0 Å². The Bertz CT molecular complexity index is 762. The third-order valence-electron chi connectivity index (χ3n) is 3.71. The van der Waals surface area contributed by atoms with E-state index >= 15 is 0 Å². The van der Waals surface area contributed by atoms with E-state index in [1.165, 1.54) is 12.1 Å². The maximum atomic E-state index is 11.7. The molecule has 2 rings (SSSR count). The summed E-state index contributed by atoms with van der Waals surface area (Å²) in [6, 6.07) is 7.98. The van der Waals surface area contributed by atoms with Gasteiger partial charge >= 0.3 is 0 Å². The van der Waals surface area contributed by atoms with Crippen LogP contribution in [0.3, 0.4) is 0 Å². The zero-order chi connectivity index (χ0) is 18.9. The maximum absolute atomic E-state index is 11.7. The van der Waals surface area contributed by atoms with Gasteiger partial charge in [0.1, 0.15) is 5.82 Å². The van der Waals surface area contributed by atoms with Crippen molar-refractivity contribution in [1.82, 2.24) is 15.3 Å². The first-order valence-corrected chi connectivity index (χ1v) is 8.66. The molecule has 8 heteroatoms. The summed E-state index contributed by atoms with van der Waals surface area (Å²) in [6.07, 6.45) is 2.00. The minimum Gasteiger partial charge on any atom is -0.369 e. The second kappa shape index (κ2) is 9.45. The van der Waals surface area contributed by atoms with E-state index < -0.39 is 4.92 Å². The lowest BCUT2D eigenvalue weighted by Gasteiger charge is -2.10. The Balaban J connectivity index is 2.10. The number of nitro benzene ring substituents is 1. The zero-order valence-electron chi connectivity index (χ0n) is 15.0. The SMILES string of the molecule is CCCNC(=O)CCNc1cc(CC)nc(-c2ccc([N+](=O)[O-])cc2)n1. The monoisotopic (exact) mass is 357 g/mol. The topological polar surface area (TPSA) is 110 Å². The number of benzene rings is 1. The van der Waals surface area contributed by atoms with Gasteiger partial charge in [-0.3, -0.25) is 14.9 Å². The average molecular weight is 357 g/mol. The number of aromatic nitrogens is 2. The standard InChI is InChI=1S/C18H23N5O3/c1-3-10-20-17(24)9-11-19-16-12-14(4-2)21-18(22-16)13-5-7-15(8-6-13)23(25)26/h5-8,12H,3-4,9-11H2,1-2H3,(H,20,24)(H,19,21,22). The summed E-state index contributed by atoms with van der Waals surface area (Å²) in [5.74, 6) is 1.13. The van der Waals surface area contributed by atoms with Crippen molar-refractivity contribution in [3.63, 3.8) is 0 Å². The smallest absolute Gasteiger partial charge is 0.269 e. The van der Waals surface area contributed by atoms with Crippen LogP contribution in [0.2, 0.25) is 0 Å². The Labute approximate surface area is 152 Å². The number of amides is 1. The van der Waals surface area contributed by atoms with Crippen molar-refractivity contribution in [3.05, 3.63) is 46.1 Å².